The van der Waals surface area contributed by atoms with Crippen LogP contribution < -0.4 is 10.6 Å². The Labute approximate surface area is 193 Å². The third-order valence-corrected chi connectivity index (χ3v) is 8.03. The average Bonchev–Trinajstić information content (AvgIpc) is 3.30. The van der Waals surface area contributed by atoms with Crippen molar-refractivity contribution in [2.75, 3.05) is 22.1 Å². The van der Waals surface area contributed by atoms with E-state index in [0.717, 1.165) is 12.8 Å². The molecule has 2 aromatic heterocycles. The lowest BCUT2D eigenvalue weighted by Gasteiger charge is -2.26. The number of nitrogens with one attached hydrogen (secondary N) is 2. The second-order valence-corrected chi connectivity index (χ2v) is 11.0. The Bertz CT molecular complexity index is 1320. The van der Waals surface area contributed by atoms with E-state index in [4.69, 9.17) is 0 Å². The van der Waals surface area contributed by atoms with Crippen molar-refractivity contribution >= 4 is 38.6 Å². The van der Waals surface area contributed by atoms with Crippen LogP contribution in [-0.2, 0) is 9.84 Å². The molecule has 1 aromatic carbocycles. The number of aliphatic hydroxyl groups is 1. The summed E-state index contributed by atoms with van der Waals surface area (Å²) >= 11 is 0. The van der Waals surface area contributed by atoms with E-state index in [-0.39, 0.29) is 36.0 Å². The zero-order valence-corrected chi connectivity index (χ0v) is 18.8. The molecular weight excluding hydrogens is 473 g/mol. The van der Waals surface area contributed by atoms with Gasteiger partial charge in [0.25, 0.3) is 0 Å². The summed E-state index contributed by atoms with van der Waals surface area (Å²) in [5.41, 5.74) is 0.00564. The van der Waals surface area contributed by atoms with Crippen molar-refractivity contribution in [2.24, 2.45) is 0 Å². The van der Waals surface area contributed by atoms with Gasteiger partial charge in [0.1, 0.15) is 17.0 Å². The Balaban J connectivity index is 1.54. The molecule has 0 radical (unpaired) electrons. The maximum atomic E-state index is 14.3. The molecule has 5 rings (SSSR count). The molecule has 2 aliphatic rings. The van der Waals surface area contributed by atoms with E-state index in [0.29, 0.717) is 42.1 Å². The van der Waals surface area contributed by atoms with Crippen LogP contribution in [0.25, 0.3) is 11.2 Å². The van der Waals surface area contributed by atoms with Crippen LogP contribution in [0.2, 0.25) is 0 Å². The van der Waals surface area contributed by atoms with Gasteiger partial charge < -0.3 is 15.7 Å². The van der Waals surface area contributed by atoms with E-state index in [1.54, 1.807) is 0 Å². The third kappa shape index (κ3) is 4.53. The number of hydrogen-bond donors (Lipinski definition) is 3. The average molecular weight is 497 g/mol. The van der Waals surface area contributed by atoms with Crippen molar-refractivity contribution in [3.63, 3.8) is 0 Å². The first-order chi connectivity index (χ1) is 16.2. The number of aromatic nitrogens is 4. The Kier molecular flexibility index (Phi) is 5.84. The number of hydrogen-bond acceptors (Lipinski definition) is 8. The molecule has 0 spiro atoms. The van der Waals surface area contributed by atoms with Crippen LogP contribution in [0.5, 0.6) is 0 Å². The highest BCUT2D eigenvalue weighted by Gasteiger charge is 2.33. The van der Waals surface area contributed by atoms with Gasteiger partial charge in [0.15, 0.2) is 27.1 Å². The van der Waals surface area contributed by atoms with Gasteiger partial charge in [-0.1, -0.05) is 0 Å². The summed E-state index contributed by atoms with van der Waals surface area (Å²) in [6.07, 6.45) is 4.25. The Morgan fingerprint density at radius 2 is 1.74 bits per heavy atom. The predicted molar refractivity (Wildman–Crippen MR) is 119 cm³/mol. The second-order valence-electron chi connectivity index (χ2n) is 8.78. The third-order valence-electron chi connectivity index (χ3n) is 6.28. The van der Waals surface area contributed by atoms with E-state index in [9.17, 15) is 26.7 Å². The zero-order chi connectivity index (χ0) is 24.0. The summed E-state index contributed by atoms with van der Waals surface area (Å²) in [5.74, 6) is -3.28. The molecule has 3 N–H and O–H groups in total. The highest BCUT2D eigenvalue weighted by Crippen LogP contribution is 2.34. The number of imidazole rings is 1. The van der Waals surface area contributed by atoms with Crippen molar-refractivity contribution in [3.8, 4) is 0 Å². The molecule has 1 saturated carbocycles. The molecule has 13 heteroatoms. The fraction of sp³-hybridized carbons (Fsp3) is 0.476. The maximum Gasteiger partial charge on any atom is 0.224 e. The van der Waals surface area contributed by atoms with Crippen LogP contribution >= 0.6 is 0 Å². The van der Waals surface area contributed by atoms with Gasteiger partial charge in [0.2, 0.25) is 11.9 Å². The zero-order valence-electron chi connectivity index (χ0n) is 18.0. The molecule has 1 saturated heterocycles. The molecule has 0 unspecified atom stereocenters. The molecule has 2 fully saturated rings. The summed E-state index contributed by atoms with van der Waals surface area (Å²) in [6, 6.07) is 0.601. The Morgan fingerprint density at radius 1 is 1.03 bits per heavy atom. The quantitative estimate of drug-likeness (QED) is 0.493. The van der Waals surface area contributed by atoms with Gasteiger partial charge in [-0.05, 0) is 32.1 Å². The number of nitrogens with zero attached hydrogens (tertiary/aromatic N) is 4. The summed E-state index contributed by atoms with van der Waals surface area (Å²) in [7, 11) is -3.30. The smallest absolute Gasteiger partial charge is 0.224 e. The van der Waals surface area contributed by atoms with Crippen LogP contribution in [0.1, 0.15) is 38.1 Å². The predicted octanol–water partition coefficient (Wildman–Crippen LogP) is 3.06. The van der Waals surface area contributed by atoms with Crippen LogP contribution in [-0.4, -0.2) is 56.7 Å². The van der Waals surface area contributed by atoms with Gasteiger partial charge in [0.05, 0.1) is 29.8 Å². The number of fused-ring (bicyclic) bond motifs is 1. The van der Waals surface area contributed by atoms with Crippen LogP contribution in [0.4, 0.5) is 30.8 Å². The topological polar surface area (TPSA) is 122 Å². The molecule has 1 aliphatic heterocycles. The molecule has 3 aromatic rings. The van der Waals surface area contributed by atoms with Crippen LogP contribution in [0.15, 0.2) is 18.3 Å². The second kappa shape index (κ2) is 8.69. The molecule has 9 nitrogen and oxygen atoms in total. The minimum atomic E-state index is -3.30. The molecular formula is C21H23F3N6O3S. The fourth-order valence-corrected chi connectivity index (χ4v) is 6.25. The first-order valence-corrected chi connectivity index (χ1v) is 12.8. The lowest BCUT2D eigenvalue weighted by atomic mass is 9.93. The normalized spacial score (nSPS) is 24.4. The molecule has 1 aliphatic carbocycles. The van der Waals surface area contributed by atoms with Crippen molar-refractivity contribution in [2.45, 2.75) is 50.3 Å². The van der Waals surface area contributed by atoms with Crippen molar-refractivity contribution in [3.05, 3.63) is 35.8 Å². The van der Waals surface area contributed by atoms with Gasteiger partial charge in [-0.25, -0.2) is 31.6 Å². The molecule has 34 heavy (non-hydrogen) atoms. The largest absolute Gasteiger partial charge is 0.393 e. The Hall–Kier alpha value is -2.93. The molecule has 0 amide bonds. The van der Waals surface area contributed by atoms with E-state index >= 15 is 0 Å². The maximum absolute atomic E-state index is 14.3. The number of sulfone groups is 1. The van der Waals surface area contributed by atoms with E-state index < -0.39 is 39.0 Å². The Morgan fingerprint density at radius 3 is 2.38 bits per heavy atom. The minimum Gasteiger partial charge on any atom is -0.393 e. The van der Waals surface area contributed by atoms with Crippen molar-refractivity contribution in [1.29, 1.82) is 0 Å². The van der Waals surface area contributed by atoms with Crippen molar-refractivity contribution < 1.29 is 26.7 Å². The van der Waals surface area contributed by atoms with Crippen LogP contribution in [0, 0.1) is 17.5 Å². The van der Waals surface area contributed by atoms with Gasteiger partial charge >= 0.3 is 0 Å². The van der Waals surface area contributed by atoms with Crippen molar-refractivity contribution in [1.82, 2.24) is 19.5 Å². The number of aliphatic hydroxyl groups excluding tert-OH is 1. The molecule has 182 valence electrons. The van der Waals surface area contributed by atoms with E-state index in [1.165, 1.54) is 10.8 Å². The number of anilines is 3. The molecule has 1 atom stereocenters. The standard InChI is InChI=1S/C21H23F3N6O3S/c22-11-7-15(23)18(16(24)8-11)28-21-27-17-9-25-20(26-12-1-3-14(31)4-2-12)29-19(17)30(21)13-5-6-34(32,33)10-13/h7-9,12-14,31H,1-6,10H2,(H,27,28)(H,25,26,29)/t12?,13-,14?/m0/s1. The first kappa shape index (κ1) is 22.8. The summed E-state index contributed by atoms with van der Waals surface area (Å²) in [5, 5.41) is 15.5. The SMILES string of the molecule is O=S1(=O)CC[C@H](n2c(Nc3c(F)cc(F)cc3F)nc3cnc(NC4CCC(O)CC4)nc32)C1. The highest BCUT2D eigenvalue weighted by atomic mass is 32.2. The number of halogens is 3. The monoisotopic (exact) mass is 496 g/mol. The lowest BCUT2D eigenvalue weighted by molar-refractivity contribution is 0.126. The summed E-state index contributed by atoms with van der Waals surface area (Å²) < 4.78 is 67.8. The molecule has 3 heterocycles. The first-order valence-electron chi connectivity index (χ1n) is 11.0. The summed E-state index contributed by atoms with van der Waals surface area (Å²) in [6.45, 7) is 0. The highest BCUT2D eigenvalue weighted by molar-refractivity contribution is 7.91. The minimum absolute atomic E-state index is 0.0197. The van der Waals surface area contributed by atoms with E-state index in [1.807, 2.05) is 0 Å². The van der Waals surface area contributed by atoms with Gasteiger partial charge in [-0.15, -0.1) is 0 Å². The number of rotatable bonds is 5. The van der Waals surface area contributed by atoms with Gasteiger partial charge in [-0.2, -0.15) is 4.98 Å². The van der Waals surface area contributed by atoms with E-state index in [2.05, 4.69) is 25.6 Å². The van der Waals surface area contributed by atoms with Crippen LogP contribution in [0.3, 0.4) is 0 Å². The number of benzene rings is 1. The lowest BCUT2D eigenvalue weighted by Crippen LogP contribution is -2.29. The summed E-state index contributed by atoms with van der Waals surface area (Å²) in [4.78, 5) is 13.2. The van der Waals surface area contributed by atoms with Gasteiger partial charge in [-0.3, -0.25) is 4.57 Å². The molecule has 0 bridgehead atoms. The van der Waals surface area contributed by atoms with Gasteiger partial charge in [0, 0.05) is 18.2 Å². The fourth-order valence-electron chi connectivity index (χ4n) is 4.55.